The minimum absolute atomic E-state index is 0.257. The van der Waals surface area contributed by atoms with Gasteiger partial charge in [0.15, 0.2) is 0 Å². The first-order chi connectivity index (χ1) is 7.52. The monoisotopic (exact) mass is 222 g/mol. The quantitative estimate of drug-likeness (QED) is 0.624. The molecule has 16 heavy (non-hydrogen) atoms. The molecule has 2 aliphatic rings. The lowest BCUT2D eigenvalue weighted by molar-refractivity contribution is 0.201. The second-order valence-corrected chi connectivity index (χ2v) is 4.40. The molecular formula is C9H19BN6. The zero-order chi connectivity index (χ0) is 11.9. The molecule has 0 aromatic heterocycles. The molecule has 0 radical (unpaired) electrons. The fraction of sp³-hybridized carbons (Fsp3) is 0.778. The fourth-order valence-corrected chi connectivity index (χ4v) is 2.03. The van der Waals surface area contributed by atoms with Crippen LogP contribution < -0.4 is 0 Å². The molecule has 0 aliphatic carbocycles. The fourth-order valence-electron chi connectivity index (χ4n) is 2.03. The normalized spacial score (nSPS) is 28.6. The van der Waals surface area contributed by atoms with Gasteiger partial charge in [-0.2, -0.15) is 10.2 Å². The molecule has 2 atom stereocenters. The highest BCUT2D eigenvalue weighted by Crippen LogP contribution is 2.17. The van der Waals surface area contributed by atoms with Crippen LogP contribution in [0.15, 0.2) is 10.2 Å². The molecule has 2 aliphatic heterocycles. The Morgan fingerprint density at radius 3 is 1.56 bits per heavy atom. The largest absolute Gasteiger partial charge is 0.376 e. The third-order valence-electron chi connectivity index (χ3n) is 3.54. The molecule has 0 aromatic carbocycles. The lowest BCUT2D eigenvalue weighted by Gasteiger charge is -2.35. The molecule has 0 aromatic rings. The Labute approximate surface area is 97.3 Å². The molecule has 0 saturated heterocycles. The van der Waals surface area contributed by atoms with E-state index in [0.717, 1.165) is 0 Å². The predicted molar refractivity (Wildman–Crippen MR) is 66.7 cm³/mol. The molecule has 2 rings (SSSR count). The maximum Gasteiger partial charge on any atom is 0.376 e. The maximum absolute atomic E-state index is 4.28. The number of hydrogen-bond donors (Lipinski definition) is 0. The minimum atomic E-state index is 0.257. The first-order valence-electron chi connectivity index (χ1n) is 5.61. The maximum atomic E-state index is 4.28. The second-order valence-electron chi connectivity index (χ2n) is 4.40. The molecule has 7 heteroatoms. The summed E-state index contributed by atoms with van der Waals surface area (Å²) >= 11 is 0. The highest BCUT2D eigenvalue weighted by molar-refractivity contribution is 6.56. The van der Waals surface area contributed by atoms with Crippen molar-refractivity contribution in [3.8, 4) is 0 Å². The van der Waals surface area contributed by atoms with Gasteiger partial charge in [0.05, 0.1) is 0 Å². The summed E-state index contributed by atoms with van der Waals surface area (Å²) in [7, 11) is 3.98. The van der Waals surface area contributed by atoms with Crippen LogP contribution in [0.4, 0.5) is 0 Å². The predicted octanol–water partition coefficient (Wildman–Crippen LogP) is 0.178. The van der Waals surface area contributed by atoms with Crippen molar-refractivity contribution in [2.75, 3.05) is 14.1 Å². The summed E-state index contributed by atoms with van der Waals surface area (Å²) < 4.78 is 0. The van der Waals surface area contributed by atoms with Crippen molar-refractivity contribution in [3.63, 3.8) is 0 Å². The van der Waals surface area contributed by atoms with Gasteiger partial charge in [-0.1, -0.05) is 0 Å². The zero-order valence-corrected chi connectivity index (χ0v) is 10.6. The third-order valence-corrected chi connectivity index (χ3v) is 3.54. The molecular weight excluding hydrogens is 203 g/mol. The van der Waals surface area contributed by atoms with Gasteiger partial charge in [-0.05, 0) is 20.7 Å². The molecule has 0 fully saturated rings. The molecule has 0 bridgehead atoms. The summed E-state index contributed by atoms with van der Waals surface area (Å²) in [4.78, 5) is 4.45. The van der Waals surface area contributed by atoms with Crippen LogP contribution in [-0.4, -0.2) is 65.7 Å². The van der Waals surface area contributed by atoms with Gasteiger partial charge < -0.3 is 9.62 Å². The van der Waals surface area contributed by atoms with Crippen LogP contribution in [0.3, 0.4) is 0 Å². The third kappa shape index (κ3) is 1.60. The van der Waals surface area contributed by atoms with Crippen molar-refractivity contribution < 1.29 is 0 Å². The van der Waals surface area contributed by atoms with Crippen molar-refractivity contribution >= 4 is 19.7 Å². The Morgan fingerprint density at radius 2 is 1.31 bits per heavy atom. The van der Waals surface area contributed by atoms with Crippen LogP contribution in [0.5, 0.6) is 0 Å². The van der Waals surface area contributed by atoms with E-state index in [1.807, 2.05) is 36.8 Å². The van der Waals surface area contributed by atoms with E-state index < -0.39 is 0 Å². The van der Waals surface area contributed by atoms with Gasteiger partial charge in [-0.15, -0.1) is 0 Å². The summed E-state index contributed by atoms with van der Waals surface area (Å²) in [5.41, 5.74) is 0. The number of rotatable bonds is 2. The number of hydrogen-bond acceptors (Lipinski definition) is 6. The second kappa shape index (κ2) is 3.88. The molecule has 0 amide bonds. The van der Waals surface area contributed by atoms with Crippen molar-refractivity contribution in [1.29, 1.82) is 0 Å². The van der Waals surface area contributed by atoms with Gasteiger partial charge in [0.1, 0.15) is 25.0 Å². The number of nitrogens with zero attached hydrogens (tertiary/aromatic N) is 6. The van der Waals surface area contributed by atoms with Gasteiger partial charge >= 0.3 is 6.98 Å². The van der Waals surface area contributed by atoms with E-state index in [1.165, 1.54) is 0 Å². The van der Waals surface area contributed by atoms with Crippen molar-refractivity contribution in [2.24, 2.45) is 10.2 Å². The average molecular weight is 222 g/mol. The summed E-state index contributed by atoms with van der Waals surface area (Å²) in [6.45, 7) is 6.71. The van der Waals surface area contributed by atoms with E-state index in [1.54, 1.807) is 0 Å². The molecule has 88 valence electrons. The van der Waals surface area contributed by atoms with Crippen molar-refractivity contribution in [2.45, 2.75) is 33.0 Å². The van der Waals surface area contributed by atoms with Crippen molar-refractivity contribution in [1.82, 2.24) is 19.6 Å². The summed E-state index contributed by atoms with van der Waals surface area (Å²) in [5.74, 6) is 0. The van der Waals surface area contributed by atoms with Gasteiger partial charge in [0.25, 0.3) is 0 Å². The molecule has 2 heterocycles. The molecule has 0 unspecified atom stereocenters. The summed E-state index contributed by atoms with van der Waals surface area (Å²) in [6.07, 6.45) is 4.38. The Balaban J connectivity index is 2.06. The topological polar surface area (TPSA) is 37.7 Å². The molecule has 0 saturated carbocycles. The van der Waals surface area contributed by atoms with E-state index in [0.29, 0.717) is 12.3 Å². The summed E-state index contributed by atoms with van der Waals surface area (Å²) in [6, 6.07) is 0. The van der Waals surface area contributed by atoms with Gasteiger partial charge in [-0.25, -0.2) is 0 Å². The van der Waals surface area contributed by atoms with E-state index in [4.69, 9.17) is 0 Å². The SMILES string of the molecule is CB(N1C=NN(C)[C@H]1C)N1C=NN(C)[C@@H]1C. The Morgan fingerprint density at radius 1 is 0.938 bits per heavy atom. The summed E-state index contributed by atoms with van der Waals surface area (Å²) in [5, 5.41) is 12.5. The van der Waals surface area contributed by atoms with E-state index in [9.17, 15) is 0 Å². The van der Waals surface area contributed by atoms with Crippen LogP contribution in [0, 0.1) is 0 Å². The highest BCUT2D eigenvalue weighted by Gasteiger charge is 2.36. The smallest absolute Gasteiger partial charge is 0.365 e. The first-order valence-corrected chi connectivity index (χ1v) is 5.61. The Hall–Kier alpha value is -1.40. The molecule has 0 N–H and O–H groups in total. The van der Waals surface area contributed by atoms with E-state index in [2.05, 4.69) is 40.5 Å². The van der Waals surface area contributed by atoms with E-state index in [-0.39, 0.29) is 6.98 Å². The van der Waals surface area contributed by atoms with Gasteiger partial charge in [0, 0.05) is 14.1 Å². The van der Waals surface area contributed by atoms with Crippen molar-refractivity contribution in [3.05, 3.63) is 0 Å². The Kier molecular flexibility index (Phi) is 2.69. The van der Waals surface area contributed by atoms with Gasteiger partial charge in [-0.3, -0.25) is 10.0 Å². The van der Waals surface area contributed by atoms with Crippen LogP contribution >= 0.6 is 0 Å². The minimum Gasteiger partial charge on any atom is -0.365 e. The van der Waals surface area contributed by atoms with E-state index >= 15 is 0 Å². The molecule has 0 spiro atoms. The standard InChI is InChI=1S/C9H19BN6/c1-8-13(4)11-6-15(8)10(3)16-7-12-14(5)9(16)2/h6-9H,1-5H3/t8-,9+. The number of hydrazone groups is 2. The van der Waals surface area contributed by atoms with Gasteiger partial charge in [0.2, 0.25) is 0 Å². The van der Waals surface area contributed by atoms with Crippen LogP contribution in [0.25, 0.3) is 0 Å². The first kappa shape index (κ1) is 11.1. The lowest BCUT2D eigenvalue weighted by atomic mass is 9.74. The molecule has 6 nitrogen and oxygen atoms in total. The average Bonchev–Trinajstić information content (AvgIpc) is 2.74. The van der Waals surface area contributed by atoms with Crippen LogP contribution in [0.1, 0.15) is 13.8 Å². The zero-order valence-electron chi connectivity index (χ0n) is 10.6. The highest BCUT2D eigenvalue weighted by atomic mass is 15.6. The Bertz CT molecular complexity index is 289. The lowest BCUT2D eigenvalue weighted by Crippen LogP contribution is -2.56. The van der Waals surface area contributed by atoms with Crippen LogP contribution in [-0.2, 0) is 0 Å². The van der Waals surface area contributed by atoms with Crippen LogP contribution in [0.2, 0.25) is 6.82 Å².